The number of esters is 1. The predicted molar refractivity (Wildman–Crippen MR) is 63.3 cm³/mol. The number of carbonyl (C=O) groups excluding carboxylic acids is 1. The van der Waals surface area contributed by atoms with Crippen LogP contribution in [0.3, 0.4) is 0 Å². The highest BCUT2D eigenvalue weighted by molar-refractivity contribution is 5.70. The quantitative estimate of drug-likeness (QED) is 0.778. The van der Waals surface area contributed by atoms with E-state index < -0.39 is 30.4 Å². The van der Waals surface area contributed by atoms with Crippen LogP contribution in [0, 0.1) is 17.1 Å². The number of hydrogen-bond acceptors (Lipinski definition) is 5. The maximum atomic E-state index is 13.4. The summed E-state index contributed by atoms with van der Waals surface area (Å²) in [4.78, 5) is 11.2. The second kappa shape index (κ2) is 6.83. The molecule has 2 N–H and O–H groups in total. The van der Waals surface area contributed by atoms with Crippen LogP contribution in [0.15, 0.2) is 18.2 Å². The summed E-state index contributed by atoms with van der Waals surface area (Å²) in [6.45, 7) is 1.77. The van der Waals surface area contributed by atoms with Gasteiger partial charge in [0.05, 0.1) is 24.7 Å². The summed E-state index contributed by atoms with van der Waals surface area (Å²) in [5, 5.41) is 28.4. The first-order chi connectivity index (χ1) is 9.01. The Morgan fingerprint density at radius 1 is 1.53 bits per heavy atom. The third-order valence-corrected chi connectivity index (χ3v) is 2.52. The van der Waals surface area contributed by atoms with E-state index in [0.29, 0.717) is 0 Å². The van der Waals surface area contributed by atoms with Gasteiger partial charge in [0.2, 0.25) is 0 Å². The summed E-state index contributed by atoms with van der Waals surface area (Å²) < 4.78 is 18.0. The lowest BCUT2D eigenvalue weighted by Crippen LogP contribution is -2.24. The highest BCUT2D eigenvalue weighted by Crippen LogP contribution is 2.24. The van der Waals surface area contributed by atoms with Crippen LogP contribution in [0.2, 0.25) is 0 Å². The molecule has 6 heteroatoms. The number of hydrogen-bond donors (Lipinski definition) is 2. The minimum atomic E-state index is -1.53. The van der Waals surface area contributed by atoms with Crippen molar-refractivity contribution in [1.82, 2.24) is 0 Å². The Morgan fingerprint density at radius 3 is 2.79 bits per heavy atom. The maximum absolute atomic E-state index is 13.4. The predicted octanol–water partition coefficient (Wildman–Crippen LogP) is 1.04. The van der Waals surface area contributed by atoms with Gasteiger partial charge in [-0.25, -0.2) is 4.39 Å². The number of nitriles is 1. The molecule has 2 unspecified atom stereocenters. The largest absolute Gasteiger partial charge is 0.466 e. The number of aliphatic hydroxyl groups excluding tert-OH is 2. The third kappa shape index (κ3) is 3.74. The van der Waals surface area contributed by atoms with E-state index in [4.69, 9.17) is 5.26 Å². The van der Waals surface area contributed by atoms with Crippen molar-refractivity contribution in [3.8, 4) is 6.07 Å². The van der Waals surface area contributed by atoms with E-state index in [1.807, 2.05) is 0 Å². The van der Waals surface area contributed by atoms with Gasteiger partial charge in [-0.1, -0.05) is 12.1 Å². The monoisotopic (exact) mass is 267 g/mol. The number of rotatable bonds is 5. The Hall–Kier alpha value is -1.97. The van der Waals surface area contributed by atoms with Gasteiger partial charge in [-0.3, -0.25) is 4.79 Å². The smallest absolute Gasteiger partial charge is 0.308 e. The van der Waals surface area contributed by atoms with E-state index in [-0.39, 0.29) is 17.7 Å². The standard InChI is InChI=1S/C13H14FNO4/c1-2-19-12(17)6-11(16)13(18)8-4-3-5-10(14)9(8)7-15/h3-5,11,13,16,18H,2,6H2,1H3. The van der Waals surface area contributed by atoms with E-state index in [2.05, 4.69) is 4.74 Å². The molecular formula is C13H14FNO4. The van der Waals surface area contributed by atoms with Crippen LogP contribution in [0.5, 0.6) is 0 Å². The van der Waals surface area contributed by atoms with Crippen molar-refractivity contribution in [2.24, 2.45) is 0 Å². The highest BCUT2D eigenvalue weighted by atomic mass is 19.1. The lowest BCUT2D eigenvalue weighted by atomic mass is 9.97. The molecule has 0 aliphatic rings. The normalized spacial score (nSPS) is 13.4. The van der Waals surface area contributed by atoms with Gasteiger partial charge in [-0.2, -0.15) is 5.26 Å². The van der Waals surface area contributed by atoms with Gasteiger partial charge < -0.3 is 14.9 Å². The molecule has 5 nitrogen and oxygen atoms in total. The van der Waals surface area contributed by atoms with Crippen molar-refractivity contribution in [2.75, 3.05) is 6.61 Å². The van der Waals surface area contributed by atoms with Gasteiger partial charge >= 0.3 is 5.97 Å². The van der Waals surface area contributed by atoms with Gasteiger partial charge in [0.15, 0.2) is 0 Å². The van der Waals surface area contributed by atoms with Crippen molar-refractivity contribution in [3.63, 3.8) is 0 Å². The Bertz CT molecular complexity index is 498. The molecule has 0 heterocycles. The first kappa shape index (κ1) is 15.1. The molecular weight excluding hydrogens is 253 g/mol. The molecule has 19 heavy (non-hydrogen) atoms. The van der Waals surface area contributed by atoms with Crippen LogP contribution >= 0.6 is 0 Å². The lowest BCUT2D eigenvalue weighted by molar-refractivity contribution is -0.147. The number of ether oxygens (including phenoxy) is 1. The van der Waals surface area contributed by atoms with Crippen LogP contribution in [0.25, 0.3) is 0 Å². The molecule has 0 radical (unpaired) electrons. The SMILES string of the molecule is CCOC(=O)CC(O)C(O)c1cccc(F)c1C#N. The lowest BCUT2D eigenvalue weighted by Gasteiger charge is -2.18. The zero-order valence-corrected chi connectivity index (χ0v) is 10.3. The fourth-order valence-electron chi connectivity index (χ4n) is 1.61. The van der Waals surface area contributed by atoms with Crippen LogP contribution in [-0.4, -0.2) is 28.9 Å². The number of aliphatic hydroxyl groups is 2. The Morgan fingerprint density at radius 2 is 2.21 bits per heavy atom. The van der Waals surface area contributed by atoms with Crippen LogP contribution in [0.4, 0.5) is 4.39 Å². The molecule has 102 valence electrons. The zero-order valence-electron chi connectivity index (χ0n) is 10.3. The molecule has 0 bridgehead atoms. The minimum Gasteiger partial charge on any atom is -0.466 e. The second-order valence-corrected chi connectivity index (χ2v) is 3.84. The van der Waals surface area contributed by atoms with Crippen LogP contribution < -0.4 is 0 Å². The van der Waals surface area contributed by atoms with E-state index in [9.17, 15) is 19.4 Å². The van der Waals surface area contributed by atoms with Gasteiger partial charge in [0, 0.05) is 5.56 Å². The summed E-state index contributed by atoms with van der Waals surface area (Å²) in [6, 6.07) is 5.32. The minimum absolute atomic E-state index is 0.0562. The summed E-state index contributed by atoms with van der Waals surface area (Å²) in [5.41, 5.74) is -0.405. The van der Waals surface area contributed by atoms with Crippen LogP contribution in [-0.2, 0) is 9.53 Å². The molecule has 0 fully saturated rings. The van der Waals surface area contributed by atoms with E-state index in [0.717, 1.165) is 6.07 Å². The number of carbonyl (C=O) groups is 1. The summed E-state index contributed by atoms with van der Waals surface area (Å²) in [7, 11) is 0. The van der Waals surface area contributed by atoms with Crippen molar-refractivity contribution in [2.45, 2.75) is 25.6 Å². The summed E-state index contributed by atoms with van der Waals surface area (Å²) in [6.07, 6.45) is -3.43. The van der Waals surface area contributed by atoms with Crippen molar-refractivity contribution in [1.29, 1.82) is 5.26 Å². The fourth-order valence-corrected chi connectivity index (χ4v) is 1.61. The Balaban J connectivity index is 2.89. The molecule has 0 saturated carbocycles. The molecule has 0 aliphatic heterocycles. The molecule has 0 spiro atoms. The summed E-state index contributed by atoms with van der Waals surface area (Å²) in [5.74, 6) is -1.47. The molecule has 0 aliphatic carbocycles. The van der Waals surface area contributed by atoms with Crippen molar-refractivity contribution < 1.29 is 24.1 Å². The Kier molecular flexibility index (Phi) is 5.42. The van der Waals surface area contributed by atoms with Gasteiger partial charge in [0.1, 0.15) is 18.0 Å². The van der Waals surface area contributed by atoms with Gasteiger partial charge in [0.25, 0.3) is 0 Å². The molecule has 1 aromatic rings. The van der Waals surface area contributed by atoms with Gasteiger partial charge in [-0.15, -0.1) is 0 Å². The topological polar surface area (TPSA) is 90.6 Å². The molecule has 0 aromatic heterocycles. The Labute approximate surface area is 109 Å². The third-order valence-electron chi connectivity index (χ3n) is 2.52. The average Bonchev–Trinajstić information content (AvgIpc) is 2.37. The molecule has 1 rings (SSSR count). The van der Waals surface area contributed by atoms with Crippen molar-refractivity contribution in [3.05, 3.63) is 35.1 Å². The summed E-state index contributed by atoms with van der Waals surface area (Å²) >= 11 is 0. The molecule has 0 saturated heterocycles. The number of benzene rings is 1. The van der Waals surface area contributed by atoms with Crippen molar-refractivity contribution >= 4 is 5.97 Å². The second-order valence-electron chi connectivity index (χ2n) is 3.84. The first-order valence-electron chi connectivity index (χ1n) is 5.71. The molecule has 1 aromatic carbocycles. The number of nitrogens with zero attached hydrogens (tertiary/aromatic N) is 1. The van der Waals surface area contributed by atoms with Crippen LogP contribution in [0.1, 0.15) is 30.6 Å². The molecule has 2 atom stereocenters. The highest BCUT2D eigenvalue weighted by Gasteiger charge is 2.25. The molecule has 0 amide bonds. The fraction of sp³-hybridized carbons (Fsp3) is 0.385. The maximum Gasteiger partial charge on any atom is 0.308 e. The zero-order chi connectivity index (χ0) is 14.4. The van der Waals surface area contributed by atoms with Gasteiger partial charge in [-0.05, 0) is 13.0 Å². The van der Waals surface area contributed by atoms with E-state index in [1.54, 1.807) is 13.0 Å². The number of halogens is 1. The van der Waals surface area contributed by atoms with E-state index in [1.165, 1.54) is 12.1 Å². The first-order valence-corrected chi connectivity index (χ1v) is 5.71. The average molecular weight is 267 g/mol. The van der Waals surface area contributed by atoms with E-state index >= 15 is 0 Å².